The van der Waals surface area contributed by atoms with Crippen LogP contribution in [0.5, 0.6) is 0 Å². The largest absolute Gasteiger partial charge is 0.317 e. The average Bonchev–Trinajstić information content (AvgIpc) is 2.33. The van der Waals surface area contributed by atoms with Gasteiger partial charge in [0.05, 0.1) is 0 Å². The average molecular weight is 224 g/mol. The van der Waals surface area contributed by atoms with Gasteiger partial charge in [-0.05, 0) is 69.6 Å². The Morgan fingerprint density at radius 3 is 2.06 bits per heavy atom. The standard InChI is InChI=1S/C14H28N2/c1-12-2-4-13(5-3-12)10-16-11-14-6-8-15-9-7-14/h12-16H,2-11H2,1H3. The van der Waals surface area contributed by atoms with Crippen LogP contribution >= 0.6 is 0 Å². The summed E-state index contributed by atoms with van der Waals surface area (Å²) in [6.45, 7) is 7.39. The van der Waals surface area contributed by atoms with Crippen molar-refractivity contribution in [3.8, 4) is 0 Å². The fourth-order valence-electron chi connectivity index (χ4n) is 3.11. The van der Waals surface area contributed by atoms with Gasteiger partial charge in [0, 0.05) is 0 Å². The summed E-state index contributed by atoms with van der Waals surface area (Å²) < 4.78 is 0. The Hall–Kier alpha value is -0.0800. The summed E-state index contributed by atoms with van der Waals surface area (Å²) >= 11 is 0. The zero-order chi connectivity index (χ0) is 11.2. The molecule has 0 atom stereocenters. The van der Waals surface area contributed by atoms with Crippen LogP contribution in [0, 0.1) is 17.8 Å². The molecule has 1 heterocycles. The molecule has 0 unspecified atom stereocenters. The molecule has 0 bridgehead atoms. The first kappa shape index (κ1) is 12.4. The van der Waals surface area contributed by atoms with Crippen LogP contribution in [0.1, 0.15) is 45.4 Å². The smallest absolute Gasteiger partial charge is 0.00195 e. The first-order valence-corrected chi connectivity index (χ1v) is 7.26. The molecule has 0 amide bonds. The van der Waals surface area contributed by atoms with E-state index in [2.05, 4.69) is 17.6 Å². The molecule has 1 aliphatic carbocycles. The molecule has 0 spiro atoms. The summed E-state index contributed by atoms with van der Waals surface area (Å²) in [5.41, 5.74) is 0. The molecule has 2 rings (SSSR count). The maximum absolute atomic E-state index is 3.71. The van der Waals surface area contributed by atoms with Crippen LogP contribution in [0.2, 0.25) is 0 Å². The molecule has 16 heavy (non-hydrogen) atoms. The molecule has 0 aromatic heterocycles. The molecule has 0 aromatic carbocycles. The molecule has 2 aliphatic rings. The van der Waals surface area contributed by atoms with Crippen LogP contribution in [0.25, 0.3) is 0 Å². The number of hydrogen-bond donors (Lipinski definition) is 2. The van der Waals surface area contributed by atoms with Gasteiger partial charge in [0.2, 0.25) is 0 Å². The van der Waals surface area contributed by atoms with Crippen LogP contribution in [0.4, 0.5) is 0 Å². The maximum Gasteiger partial charge on any atom is -0.00195 e. The maximum atomic E-state index is 3.71. The third-order valence-corrected chi connectivity index (χ3v) is 4.46. The Morgan fingerprint density at radius 2 is 1.44 bits per heavy atom. The van der Waals surface area contributed by atoms with Gasteiger partial charge in [-0.1, -0.05) is 19.8 Å². The zero-order valence-electron chi connectivity index (χ0n) is 10.8. The zero-order valence-corrected chi connectivity index (χ0v) is 10.8. The van der Waals surface area contributed by atoms with Gasteiger partial charge in [0.1, 0.15) is 0 Å². The third-order valence-electron chi connectivity index (χ3n) is 4.46. The van der Waals surface area contributed by atoms with Crippen LogP contribution in [0.15, 0.2) is 0 Å². The minimum Gasteiger partial charge on any atom is -0.317 e. The summed E-state index contributed by atoms with van der Waals surface area (Å²) in [6.07, 6.45) is 8.57. The van der Waals surface area contributed by atoms with E-state index < -0.39 is 0 Å². The van der Waals surface area contributed by atoms with E-state index in [1.54, 1.807) is 0 Å². The lowest BCUT2D eigenvalue weighted by atomic mass is 9.83. The van der Waals surface area contributed by atoms with Crippen molar-refractivity contribution in [1.29, 1.82) is 0 Å². The van der Waals surface area contributed by atoms with E-state index in [1.807, 2.05) is 0 Å². The predicted octanol–water partition coefficient (Wildman–Crippen LogP) is 2.40. The van der Waals surface area contributed by atoms with Crippen LogP contribution < -0.4 is 10.6 Å². The number of hydrogen-bond acceptors (Lipinski definition) is 2. The highest BCUT2D eigenvalue weighted by Gasteiger charge is 2.18. The van der Waals surface area contributed by atoms with Gasteiger partial charge in [0.25, 0.3) is 0 Å². The minimum absolute atomic E-state index is 0.934. The summed E-state index contributed by atoms with van der Waals surface area (Å²) in [4.78, 5) is 0. The first-order chi connectivity index (χ1) is 7.84. The van der Waals surface area contributed by atoms with Crippen molar-refractivity contribution in [2.75, 3.05) is 26.2 Å². The topological polar surface area (TPSA) is 24.1 Å². The van der Waals surface area contributed by atoms with Gasteiger partial charge in [-0.25, -0.2) is 0 Å². The SMILES string of the molecule is CC1CCC(CNCC2CCNCC2)CC1. The molecular formula is C14H28N2. The highest BCUT2D eigenvalue weighted by molar-refractivity contribution is 4.74. The second-order valence-electron chi connectivity index (χ2n) is 5.98. The highest BCUT2D eigenvalue weighted by atomic mass is 14.9. The van der Waals surface area contributed by atoms with Crippen molar-refractivity contribution >= 4 is 0 Å². The lowest BCUT2D eigenvalue weighted by Gasteiger charge is -2.28. The third kappa shape index (κ3) is 4.06. The normalized spacial score (nSPS) is 32.8. The van der Waals surface area contributed by atoms with E-state index in [0.29, 0.717) is 0 Å². The highest BCUT2D eigenvalue weighted by Crippen LogP contribution is 2.27. The monoisotopic (exact) mass is 224 g/mol. The van der Waals surface area contributed by atoms with Crippen molar-refractivity contribution in [2.45, 2.75) is 45.4 Å². The first-order valence-electron chi connectivity index (χ1n) is 7.26. The number of rotatable bonds is 4. The van der Waals surface area contributed by atoms with Gasteiger partial charge in [-0.15, -0.1) is 0 Å². The Labute approximate surface area is 101 Å². The lowest BCUT2D eigenvalue weighted by Crippen LogP contribution is -2.35. The van der Waals surface area contributed by atoms with Gasteiger partial charge in [-0.2, -0.15) is 0 Å². The molecule has 1 aliphatic heterocycles. The summed E-state index contributed by atoms with van der Waals surface area (Å²) in [7, 11) is 0. The summed E-state index contributed by atoms with van der Waals surface area (Å²) in [6, 6.07) is 0. The van der Waals surface area contributed by atoms with Gasteiger partial charge < -0.3 is 10.6 Å². The van der Waals surface area contributed by atoms with Crippen LogP contribution in [0.3, 0.4) is 0 Å². The number of nitrogens with one attached hydrogen (secondary N) is 2. The fourth-order valence-corrected chi connectivity index (χ4v) is 3.11. The quantitative estimate of drug-likeness (QED) is 0.766. The second kappa shape index (κ2) is 6.61. The molecule has 2 fully saturated rings. The van der Waals surface area contributed by atoms with Crippen molar-refractivity contribution in [3.05, 3.63) is 0 Å². The summed E-state index contributed by atoms with van der Waals surface area (Å²) in [5.74, 6) is 2.89. The van der Waals surface area contributed by atoms with Crippen molar-refractivity contribution in [3.63, 3.8) is 0 Å². The van der Waals surface area contributed by atoms with Crippen molar-refractivity contribution < 1.29 is 0 Å². The molecule has 2 N–H and O–H groups in total. The van der Waals surface area contributed by atoms with Gasteiger partial charge >= 0.3 is 0 Å². The Balaban J connectivity index is 1.53. The molecule has 2 heteroatoms. The lowest BCUT2D eigenvalue weighted by molar-refractivity contribution is 0.271. The van der Waals surface area contributed by atoms with Gasteiger partial charge in [-0.3, -0.25) is 0 Å². The molecule has 1 saturated heterocycles. The van der Waals surface area contributed by atoms with Gasteiger partial charge in [0.15, 0.2) is 0 Å². The second-order valence-corrected chi connectivity index (χ2v) is 5.98. The Morgan fingerprint density at radius 1 is 0.875 bits per heavy atom. The molecule has 94 valence electrons. The fraction of sp³-hybridized carbons (Fsp3) is 1.00. The van der Waals surface area contributed by atoms with Crippen molar-refractivity contribution in [2.24, 2.45) is 17.8 Å². The Kier molecular flexibility index (Phi) is 5.11. The number of piperidine rings is 1. The van der Waals surface area contributed by atoms with Crippen molar-refractivity contribution in [1.82, 2.24) is 10.6 Å². The van der Waals surface area contributed by atoms with E-state index in [1.165, 1.54) is 64.7 Å². The van der Waals surface area contributed by atoms with Crippen LogP contribution in [-0.4, -0.2) is 26.2 Å². The Bertz CT molecular complexity index is 179. The molecular weight excluding hydrogens is 196 g/mol. The van der Waals surface area contributed by atoms with E-state index in [-0.39, 0.29) is 0 Å². The van der Waals surface area contributed by atoms with E-state index in [9.17, 15) is 0 Å². The molecule has 0 aromatic rings. The van der Waals surface area contributed by atoms with E-state index in [4.69, 9.17) is 0 Å². The van der Waals surface area contributed by atoms with Crippen LogP contribution in [-0.2, 0) is 0 Å². The van der Waals surface area contributed by atoms with E-state index in [0.717, 1.165) is 17.8 Å². The molecule has 1 saturated carbocycles. The minimum atomic E-state index is 0.934. The predicted molar refractivity (Wildman–Crippen MR) is 69.6 cm³/mol. The molecule has 2 nitrogen and oxygen atoms in total. The molecule has 0 radical (unpaired) electrons. The summed E-state index contributed by atoms with van der Waals surface area (Å²) in [5, 5.41) is 7.14. The van der Waals surface area contributed by atoms with E-state index >= 15 is 0 Å².